The van der Waals surface area contributed by atoms with E-state index in [9.17, 15) is 0 Å². The van der Waals surface area contributed by atoms with E-state index in [0.29, 0.717) is 0 Å². The third kappa shape index (κ3) is 3.17. The van der Waals surface area contributed by atoms with Crippen LogP contribution in [0.5, 0.6) is 0 Å². The number of hydrogen-bond donors (Lipinski definition) is 0. The van der Waals surface area contributed by atoms with E-state index in [-0.39, 0.29) is 0 Å². The highest BCUT2D eigenvalue weighted by Crippen LogP contribution is 2.11. The standard InChI is InChI=1S/C14H17NS/c16-14(15-11-5-2-6-12-15)10-9-13-7-3-1-4-8-13/h1,3-4,7-10H,2,5-6,11-12H2. The molecule has 1 aliphatic rings. The van der Waals surface area contributed by atoms with Gasteiger partial charge >= 0.3 is 0 Å². The summed E-state index contributed by atoms with van der Waals surface area (Å²) in [6.07, 6.45) is 8.05. The number of hydrogen-bond acceptors (Lipinski definition) is 1. The Morgan fingerprint density at radius 1 is 1.06 bits per heavy atom. The van der Waals surface area contributed by atoms with Crippen molar-refractivity contribution in [1.29, 1.82) is 0 Å². The van der Waals surface area contributed by atoms with Gasteiger partial charge in [0.05, 0.1) is 0 Å². The second-order valence-electron chi connectivity index (χ2n) is 4.13. The predicted molar refractivity (Wildman–Crippen MR) is 73.5 cm³/mol. The maximum absolute atomic E-state index is 5.41. The molecule has 1 aromatic rings. The van der Waals surface area contributed by atoms with Crippen molar-refractivity contribution in [2.45, 2.75) is 19.3 Å². The molecule has 16 heavy (non-hydrogen) atoms. The molecule has 84 valence electrons. The fraction of sp³-hybridized carbons (Fsp3) is 0.357. The van der Waals surface area contributed by atoms with Gasteiger partial charge in [0.15, 0.2) is 0 Å². The van der Waals surface area contributed by atoms with Crippen molar-refractivity contribution in [2.75, 3.05) is 13.1 Å². The van der Waals surface area contributed by atoms with Crippen LogP contribution in [-0.4, -0.2) is 23.0 Å². The number of benzene rings is 1. The Balaban J connectivity index is 1.93. The first-order valence-corrected chi connectivity index (χ1v) is 6.29. The summed E-state index contributed by atoms with van der Waals surface area (Å²) in [5.41, 5.74) is 1.21. The Kier molecular flexibility index (Phi) is 4.11. The lowest BCUT2D eigenvalue weighted by molar-refractivity contribution is 0.348. The minimum Gasteiger partial charge on any atom is -0.363 e. The molecular formula is C14H17NS. The molecule has 2 heteroatoms. The number of likely N-dealkylation sites (tertiary alicyclic amines) is 1. The van der Waals surface area contributed by atoms with Crippen LogP contribution in [0.15, 0.2) is 36.4 Å². The summed E-state index contributed by atoms with van der Waals surface area (Å²) in [6.45, 7) is 2.25. The van der Waals surface area contributed by atoms with Gasteiger partial charge in [-0.25, -0.2) is 0 Å². The van der Waals surface area contributed by atoms with Gasteiger partial charge in [-0.2, -0.15) is 0 Å². The van der Waals surface area contributed by atoms with E-state index in [1.807, 2.05) is 18.2 Å². The van der Waals surface area contributed by atoms with E-state index in [1.165, 1.54) is 24.8 Å². The first kappa shape index (κ1) is 11.3. The first-order chi connectivity index (χ1) is 7.86. The van der Waals surface area contributed by atoms with Gasteiger partial charge in [-0.3, -0.25) is 0 Å². The van der Waals surface area contributed by atoms with E-state index in [1.54, 1.807) is 0 Å². The second kappa shape index (κ2) is 5.80. The second-order valence-corrected chi connectivity index (χ2v) is 4.55. The highest BCUT2D eigenvalue weighted by atomic mass is 32.1. The summed E-state index contributed by atoms with van der Waals surface area (Å²) in [5, 5.41) is 0. The monoisotopic (exact) mass is 231 g/mol. The quantitative estimate of drug-likeness (QED) is 0.566. The summed E-state index contributed by atoms with van der Waals surface area (Å²) in [5.74, 6) is 0. The zero-order valence-corrected chi connectivity index (χ0v) is 10.2. The largest absolute Gasteiger partial charge is 0.363 e. The van der Waals surface area contributed by atoms with Gasteiger partial charge in [0.2, 0.25) is 0 Å². The lowest BCUT2D eigenvalue weighted by atomic mass is 10.1. The van der Waals surface area contributed by atoms with E-state index in [4.69, 9.17) is 12.2 Å². The smallest absolute Gasteiger partial charge is 0.101 e. The molecule has 0 aromatic heterocycles. The maximum Gasteiger partial charge on any atom is 0.101 e. The van der Waals surface area contributed by atoms with Crippen molar-refractivity contribution < 1.29 is 0 Å². The van der Waals surface area contributed by atoms with Gasteiger partial charge in [-0.1, -0.05) is 48.6 Å². The summed E-state index contributed by atoms with van der Waals surface area (Å²) in [7, 11) is 0. The number of thiocarbonyl (C=S) groups is 1. The third-order valence-corrected chi connectivity index (χ3v) is 3.28. The average molecular weight is 231 g/mol. The van der Waals surface area contributed by atoms with Crippen LogP contribution in [0.4, 0.5) is 0 Å². The van der Waals surface area contributed by atoms with Crippen LogP contribution in [0.2, 0.25) is 0 Å². The minimum atomic E-state index is 0.976. The molecule has 0 saturated carbocycles. The molecule has 1 heterocycles. The maximum atomic E-state index is 5.41. The minimum absolute atomic E-state index is 0.976. The molecule has 0 spiro atoms. The Bertz CT molecular complexity index is 364. The molecule has 0 amide bonds. The Morgan fingerprint density at radius 3 is 2.44 bits per heavy atom. The van der Waals surface area contributed by atoms with Crippen LogP contribution in [0.1, 0.15) is 24.8 Å². The number of rotatable bonds is 2. The normalized spacial score (nSPS) is 16.6. The molecule has 0 radical (unpaired) electrons. The fourth-order valence-electron chi connectivity index (χ4n) is 1.95. The fourth-order valence-corrected chi connectivity index (χ4v) is 2.20. The lowest BCUT2D eigenvalue weighted by Gasteiger charge is -2.27. The van der Waals surface area contributed by atoms with Gasteiger partial charge < -0.3 is 4.90 Å². The summed E-state index contributed by atoms with van der Waals surface area (Å²) in [6, 6.07) is 10.3. The van der Waals surface area contributed by atoms with Crippen LogP contribution < -0.4 is 0 Å². The molecule has 0 N–H and O–H groups in total. The Hall–Kier alpha value is -1.15. The van der Waals surface area contributed by atoms with Gasteiger partial charge in [0.25, 0.3) is 0 Å². The molecule has 0 aliphatic carbocycles. The van der Waals surface area contributed by atoms with Crippen molar-refractivity contribution in [3.05, 3.63) is 42.0 Å². The molecule has 0 atom stereocenters. The summed E-state index contributed by atoms with van der Waals surface area (Å²) in [4.78, 5) is 3.28. The molecule has 2 rings (SSSR count). The van der Waals surface area contributed by atoms with Gasteiger partial charge in [0, 0.05) is 13.1 Å². The molecule has 1 nitrogen and oxygen atoms in total. The third-order valence-electron chi connectivity index (χ3n) is 2.89. The highest BCUT2D eigenvalue weighted by molar-refractivity contribution is 7.80. The molecule has 1 fully saturated rings. The first-order valence-electron chi connectivity index (χ1n) is 5.88. The molecule has 0 unspecified atom stereocenters. The predicted octanol–water partition coefficient (Wildman–Crippen LogP) is 3.51. The van der Waals surface area contributed by atoms with Gasteiger partial charge in [-0.05, 0) is 30.9 Å². The highest BCUT2D eigenvalue weighted by Gasteiger charge is 2.10. The van der Waals surface area contributed by atoms with Crippen LogP contribution >= 0.6 is 12.2 Å². The van der Waals surface area contributed by atoms with Crippen molar-refractivity contribution in [3.8, 4) is 0 Å². The van der Waals surface area contributed by atoms with Crippen LogP contribution in [0.3, 0.4) is 0 Å². The van der Waals surface area contributed by atoms with E-state index < -0.39 is 0 Å². The number of piperidine rings is 1. The molecule has 1 saturated heterocycles. The van der Waals surface area contributed by atoms with Crippen molar-refractivity contribution >= 4 is 23.3 Å². The van der Waals surface area contributed by atoms with Crippen molar-refractivity contribution in [3.63, 3.8) is 0 Å². The Morgan fingerprint density at radius 2 is 1.75 bits per heavy atom. The zero-order valence-electron chi connectivity index (χ0n) is 9.43. The lowest BCUT2D eigenvalue weighted by Crippen LogP contribution is -2.33. The zero-order chi connectivity index (χ0) is 11.2. The van der Waals surface area contributed by atoms with Crippen LogP contribution in [-0.2, 0) is 0 Å². The summed E-state index contributed by atoms with van der Waals surface area (Å²) < 4.78 is 0. The average Bonchev–Trinajstić information content (AvgIpc) is 2.38. The molecule has 1 aromatic carbocycles. The SMILES string of the molecule is S=C(C=Cc1ccccc1)N1CCCCC1. The van der Waals surface area contributed by atoms with Crippen LogP contribution in [0, 0.1) is 0 Å². The van der Waals surface area contributed by atoms with Crippen LogP contribution in [0.25, 0.3) is 6.08 Å². The van der Waals surface area contributed by atoms with E-state index >= 15 is 0 Å². The topological polar surface area (TPSA) is 3.24 Å². The van der Waals surface area contributed by atoms with Gasteiger partial charge in [0.1, 0.15) is 4.99 Å². The van der Waals surface area contributed by atoms with Crippen molar-refractivity contribution in [1.82, 2.24) is 4.90 Å². The summed E-state index contributed by atoms with van der Waals surface area (Å²) >= 11 is 5.41. The molecule has 1 aliphatic heterocycles. The van der Waals surface area contributed by atoms with E-state index in [0.717, 1.165) is 18.1 Å². The molecule has 0 bridgehead atoms. The number of nitrogens with zero attached hydrogens (tertiary/aromatic N) is 1. The van der Waals surface area contributed by atoms with Gasteiger partial charge in [-0.15, -0.1) is 0 Å². The van der Waals surface area contributed by atoms with E-state index in [2.05, 4.69) is 29.2 Å². The Labute approximate surface area is 103 Å². The van der Waals surface area contributed by atoms with Crippen molar-refractivity contribution in [2.24, 2.45) is 0 Å². The molecular weight excluding hydrogens is 214 g/mol.